The number of nitrogens with two attached hydrogens (primary N) is 1. The fourth-order valence-electron chi connectivity index (χ4n) is 4.36. The molecule has 5 heteroatoms. The van der Waals surface area contributed by atoms with Gasteiger partial charge < -0.3 is 11.1 Å². The second-order valence-corrected chi connectivity index (χ2v) is 6.02. The number of fused-ring (bicyclic) bond motifs is 5. The van der Waals surface area contributed by atoms with Gasteiger partial charge in [0.15, 0.2) is 0 Å². The topological polar surface area (TPSA) is 72.9 Å². The lowest BCUT2D eigenvalue weighted by molar-refractivity contribution is -0.122. The van der Waals surface area contributed by atoms with Gasteiger partial charge in [-0.2, -0.15) is 5.10 Å². The maximum Gasteiger partial charge on any atom is 0.241 e. The molecule has 0 saturated heterocycles. The highest BCUT2D eigenvalue weighted by Gasteiger charge is 2.65. The zero-order chi connectivity index (χ0) is 12.3. The highest BCUT2D eigenvalue weighted by Crippen LogP contribution is 2.65. The molecule has 4 rings (SSSR count). The lowest BCUT2D eigenvalue weighted by atomic mass is 10.0. The van der Waals surface area contributed by atoms with Crippen LogP contribution in [0.25, 0.3) is 0 Å². The second kappa shape index (κ2) is 3.49. The number of hydrogen-bond acceptors (Lipinski definition) is 3. The molecule has 18 heavy (non-hydrogen) atoms. The van der Waals surface area contributed by atoms with E-state index < -0.39 is 0 Å². The fraction of sp³-hybridized carbons (Fsp3) is 0.692. The number of hydrogen-bond donors (Lipinski definition) is 2. The molecule has 0 radical (unpaired) electrons. The lowest BCUT2D eigenvalue weighted by Gasteiger charge is -2.10. The first-order chi connectivity index (χ1) is 8.72. The summed E-state index contributed by atoms with van der Waals surface area (Å²) in [5, 5.41) is 7.20. The molecule has 2 bridgehead atoms. The number of rotatable bonds is 3. The van der Waals surface area contributed by atoms with Crippen molar-refractivity contribution in [2.45, 2.75) is 31.8 Å². The van der Waals surface area contributed by atoms with Crippen molar-refractivity contribution in [1.82, 2.24) is 15.1 Å². The van der Waals surface area contributed by atoms with Crippen LogP contribution in [0.2, 0.25) is 0 Å². The van der Waals surface area contributed by atoms with Gasteiger partial charge in [0.1, 0.15) is 12.4 Å². The van der Waals surface area contributed by atoms with Crippen molar-refractivity contribution in [2.24, 2.45) is 23.7 Å². The summed E-state index contributed by atoms with van der Waals surface area (Å²) in [5.41, 5.74) is 5.52. The van der Waals surface area contributed by atoms with E-state index >= 15 is 0 Å². The summed E-state index contributed by atoms with van der Waals surface area (Å²) in [6, 6.07) is 2.16. The third-order valence-corrected chi connectivity index (χ3v) is 5.03. The molecule has 1 aromatic heterocycles. The molecular formula is C13H18N4O. The van der Waals surface area contributed by atoms with Crippen LogP contribution in [0.5, 0.6) is 0 Å². The summed E-state index contributed by atoms with van der Waals surface area (Å²) in [6.45, 7) is 0.280. The van der Waals surface area contributed by atoms with Crippen LogP contribution < -0.4 is 11.1 Å². The first kappa shape index (κ1) is 10.4. The van der Waals surface area contributed by atoms with Gasteiger partial charge in [-0.15, -0.1) is 0 Å². The molecule has 3 fully saturated rings. The van der Waals surface area contributed by atoms with E-state index in [-0.39, 0.29) is 12.5 Å². The van der Waals surface area contributed by atoms with Crippen LogP contribution in [-0.2, 0) is 11.3 Å². The molecule has 4 atom stereocenters. The molecule has 1 heterocycles. The summed E-state index contributed by atoms with van der Waals surface area (Å²) in [5.74, 6) is 3.89. The number of nitrogens with one attached hydrogen (secondary N) is 1. The third kappa shape index (κ3) is 1.46. The van der Waals surface area contributed by atoms with Gasteiger partial charge in [0.2, 0.25) is 5.91 Å². The van der Waals surface area contributed by atoms with Crippen molar-refractivity contribution in [3.8, 4) is 0 Å². The van der Waals surface area contributed by atoms with Crippen LogP contribution in [-0.4, -0.2) is 21.7 Å². The van der Waals surface area contributed by atoms with Crippen molar-refractivity contribution in [3.63, 3.8) is 0 Å². The zero-order valence-electron chi connectivity index (χ0n) is 10.2. The minimum absolute atomic E-state index is 0.0666. The molecule has 0 aromatic carbocycles. The SMILES string of the molecule is Nc1ccn(CC(=O)NC2C3C4CCC(C4)C23)n1. The van der Waals surface area contributed by atoms with E-state index in [1.54, 1.807) is 16.9 Å². The zero-order valence-corrected chi connectivity index (χ0v) is 10.2. The summed E-state index contributed by atoms with van der Waals surface area (Å²) >= 11 is 0. The lowest BCUT2D eigenvalue weighted by Crippen LogP contribution is -2.32. The number of aromatic nitrogens is 2. The first-order valence-corrected chi connectivity index (χ1v) is 6.80. The van der Waals surface area contributed by atoms with Gasteiger partial charge in [-0.05, 0) is 49.0 Å². The molecule has 4 unspecified atom stereocenters. The van der Waals surface area contributed by atoms with Gasteiger partial charge >= 0.3 is 0 Å². The smallest absolute Gasteiger partial charge is 0.241 e. The van der Waals surface area contributed by atoms with E-state index in [1.807, 2.05) is 0 Å². The number of carbonyl (C=O) groups excluding carboxylic acids is 1. The second-order valence-electron chi connectivity index (χ2n) is 6.02. The summed E-state index contributed by atoms with van der Waals surface area (Å²) in [6.07, 6.45) is 5.92. The van der Waals surface area contributed by atoms with E-state index in [9.17, 15) is 4.79 Å². The Morgan fingerprint density at radius 2 is 2.17 bits per heavy atom. The first-order valence-electron chi connectivity index (χ1n) is 6.80. The van der Waals surface area contributed by atoms with E-state index in [2.05, 4.69) is 10.4 Å². The van der Waals surface area contributed by atoms with Crippen LogP contribution in [0.3, 0.4) is 0 Å². The number of nitrogens with zero attached hydrogens (tertiary/aromatic N) is 2. The minimum Gasteiger partial charge on any atom is -0.382 e. The van der Waals surface area contributed by atoms with Gasteiger partial charge in [0, 0.05) is 12.2 Å². The predicted octanol–water partition coefficient (Wildman–Crippen LogP) is 0.626. The maximum atomic E-state index is 11.9. The Balaban J connectivity index is 1.35. The van der Waals surface area contributed by atoms with Gasteiger partial charge in [-0.3, -0.25) is 9.48 Å². The van der Waals surface area contributed by atoms with Crippen LogP contribution in [0.4, 0.5) is 5.82 Å². The van der Waals surface area contributed by atoms with E-state index in [0.717, 1.165) is 23.7 Å². The van der Waals surface area contributed by atoms with Crippen LogP contribution in [0.1, 0.15) is 19.3 Å². The Bertz CT molecular complexity index is 481. The summed E-state index contributed by atoms with van der Waals surface area (Å²) < 4.78 is 1.59. The Morgan fingerprint density at radius 1 is 1.44 bits per heavy atom. The maximum absolute atomic E-state index is 11.9. The molecule has 0 aliphatic heterocycles. The molecule has 0 spiro atoms. The van der Waals surface area contributed by atoms with E-state index in [0.29, 0.717) is 11.9 Å². The highest BCUT2D eigenvalue weighted by molar-refractivity contribution is 5.76. The van der Waals surface area contributed by atoms with Crippen molar-refractivity contribution >= 4 is 11.7 Å². The largest absolute Gasteiger partial charge is 0.382 e. The highest BCUT2D eigenvalue weighted by atomic mass is 16.2. The van der Waals surface area contributed by atoms with Crippen LogP contribution in [0.15, 0.2) is 12.3 Å². The van der Waals surface area contributed by atoms with Gasteiger partial charge in [-0.25, -0.2) is 0 Å². The molecule has 96 valence electrons. The number of carbonyl (C=O) groups is 1. The molecule has 3 saturated carbocycles. The number of anilines is 1. The van der Waals surface area contributed by atoms with Crippen LogP contribution >= 0.6 is 0 Å². The third-order valence-electron chi connectivity index (χ3n) is 5.03. The van der Waals surface area contributed by atoms with Gasteiger partial charge in [0.25, 0.3) is 0 Å². The van der Waals surface area contributed by atoms with Gasteiger partial charge in [0.05, 0.1) is 0 Å². The molecule has 1 amide bonds. The van der Waals surface area contributed by atoms with Crippen molar-refractivity contribution in [1.29, 1.82) is 0 Å². The Hall–Kier alpha value is -1.52. The van der Waals surface area contributed by atoms with E-state index in [1.165, 1.54) is 19.3 Å². The fourth-order valence-corrected chi connectivity index (χ4v) is 4.36. The van der Waals surface area contributed by atoms with Gasteiger partial charge in [-0.1, -0.05) is 0 Å². The van der Waals surface area contributed by atoms with Crippen molar-refractivity contribution in [3.05, 3.63) is 12.3 Å². The Morgan fingerprint density at radius 3 is 2.78 bits per heavy atom. The normalized spacial score (nSPS) is 39.7. The summed E-state index contributed by atoms with van der Waals surface area (Å²) in [4.78, 5) is 11.9. The monoisotopic (exact) mass is 246 g/mol. The van der Waals surface area contributed by atoms with Crippen molar-refractivity contribution in [2.75, 3.05) is 5.73 Å². The van der Waals surface area contributed by atoms with Crippen LogP contribution in [0, 0.1) is 23.7 Å². The standard InChI is InChI=1S/C13H18N4O/c14-9-3-4-17(16-9)6-10(18)15-13-11-7-1-2-8(5-7)12(11)13/h3-4,7-8,11-13H,1-2,5-6H2,(H2,14,16)(H,15,18). The molecule has 3 N–H and O–H groups in total. The molecule has 1 aromatic rings. The number of nitrogen functional groups attached to an aromatic ring is 1. The average molecular weight is 246 g/mol. The minimum atomic E-state index is 0.0666. The summed E-state index contributed by atoms with van der Waals surface area (Å²) in [7, 11) is 0. The number of amides is 1. The average Bonchev–Trinajstić information content (AvgIpc) is 2.75. The molecule has 3 aliphatic rings. The Kier molecular flexibility index (Phi) is 2.02. The predicted molar refractivity (Wildman–Crippen MR) is 66.4 cm³/mol. The van der Waals surface area contributed by atoms with E-state index in [4.69, 9.17) is 5.73 Å². The molecular weight excluding hydrogens is 228 g/mol. The quantitative estimate of drug-likeness (QED) is 0.821. The van der Waals surface area contributed by atoms with Crippen molar-refractivity contribution < 1.29 is 4.79 Å². The Labute approximate surface area is 106 Å². The molecule has 5 nitrogen and oxygen atoms in total. The molecule has 3 aliphatic carbocycles.